The molecule has 1 unspecified atom stereocenters. The van der Waals surface area contributed by atoms with Gasteiger partial charge in [0.1, 0.15) is 41.4 Å². The predicted octanol–water partition coefficient (Wildman–Crippen LogP) is 4.66. The fraction of sp³-hybridized carbons (Fsp3) is 0.533. The minimum absolute atomic E-state index is 0.0870. The van der Waals surface area contributed by atoms with Crippen LogP contribution in [0.15, 0.2) is 48.8 Å². The van der Waals surface area contributed by atoms with Crippen LogP contribution in [0, 0.1) is 0 Å². The lowest BCUT2D eigenvalue weighted by molar-refractivity contribution is -0.150. The summed E-state index contributed by atoms with van der Waals surface area (Å²) in [5, 5.41) is 7.04. The summed E-state index contributed by atoms with van der Waals surface area (Å²) in [7, 11) is -4.13. The fourth-order valence-corrected chi connectivity index (χ4v) is 6.84. The predicted molar refractivity (Wildman–Crippen MR) is 164 cm³/mol. The van der Waals surface area contributed by atoms with Gasteiger partial charge in [0, 0.05) is 13.0 Å². The molecule has 0 radical (unpaired) electrons. The highest BCUT2D eigenvalue weighted by atomic mass is 31.2. The summed E-state index contributed by atoms with van der Waals surface area (Å²) in [4.78, 5) is 31.0. The third-order valence-corrected chi connectivity index (χ3v) is 9.12. The lowest BCUT2D eigenvalue weighted by atomic mass is 10.0. The summed E-state index contributed by atoms with van der Waals surface area (Å²) in [6, 6.07) is 11.2. The van der Waals surface area contributed by atoms with Gasteiger partial charge in [-0.15, -0.1) is 0 Å². The van der Waals surface area contributed by atoms with Gasteiger partial charge in [0.25, 0.3) is 0 Å². The molecule has 0 aliphatic carbocycles. The molecule has 0 bridgehead atoms. The van der Waals surface area contributed by atoms with Crippen molar-refractivity contribution < 1.29 is 37.4 Å². The van der Waals surface area contributed by atoms with E-state index >= 15 is 0 Å². The van der Waals surface area contributed by atoms with E-state index in [0.717, 1.165) is 5.69 Å². The first-order chi connectivity index (χ1) is 21.2. The van der Waals surface area contributed by atoms with Crippen molar-refractivity contribution in [2.75, 3.05) is 25.4 Å². The number of hydrogen-bond acceptors (Lipinski definition) is 11. The molecule has 5 rings (SSSR count). The Labute approximate surface area is 262 Å². The van der Waals surface area contributed by atoms with Crippen molar-refractivity contribution >= 4 is 31.1 Å². The minimum atomic E-state index is -4.13. The molecule has 2 aliphatic rings. The molecule has 4 heterocycles. The molecule has 2 fully saturated rings. The molecule has 2 saturated heterocycles. The van der Waals surface area contributed by atoms with Crippen molar-refractivity contribution in [1.29, 1.82) is 0 Å². The Morgan fingerprint density at radius 3 is 2.69 bits per heavy atom. The van der Waals surface area contributed by atoms with Crippen molar-refractivity contribution in [1.82, 2.24) is 24.6 Å². The number of amides is 1. The van der Waals surface area contributed by atoms with E-state index in [1.165, 1.54) is 18.2 Å². The van der Waals surface area contributed by atoms with Crippen LogP contribution < -0.4 is 15.3 Å². The molecule has 0 saturated carbocycles. The van der Waals surface area contributed by atoms with Crippen molar-refractivity contribution in [2.24, 2.45) is 0 Å². The zero-order valence-corrected chi connectivity index (χ0v) is 27.1. The van der Waals surface area contributed by atoms with Crippen LogP contribution in [-0.2, 0) is 28.1 Å². The Kier molecular flexibility index (Phi) is 9.41. The number of benzene rings is 1. The lowest BCUT2D eigenvalue weighted by Crippen LogP contribution is -2.40. The van der Waals surface area contributed by atoms with E-state index in [-0.39, 0.29) is 19.3 Å². The number of anilines is 1. The highest BCUT2D eigenvalue weighted by Crippen LogP contribution is 2.48. The first-order valence-corrected chi connectivity index (χ1v) is 16.5. The molecule has 14 nitrogen and oxygen atoms in total. The third-order valence-electron chi connectivity index (χ3n) is 7.50. The normalized spacial score (nSPS) is 23.9. The van der Waals surface area contributed by atoms with Crippen molar-refractivity contribution in [3.05, 3.63) is 54.5 Å². The molecule has 5 atom stereocenters. The summed E-state index contributed by atoms with van der Waals surface area (Å²) in [6.07, 6.45) is 1.81. The Bertz CT molecular complexity index is 1560. The SMILES string of the molecule is C[C@@H](NP(=O)(OC[C@]1(C)CC[C@H](c2ccc3c(N)ncnn23)O1)Oc1ccccc1)C(=O)O[C@@H]1CCN(C(=O)OC(C)(C)C)C1. The monoisotopic (exact) mass is 644 g/mol. The molecule has 3 aromatic rings. The average molecular weight is 645 g/mol. The zero-order valence-electron chi connectivity index (χ0n) is 26.2. The summed E-state index contributed by atoms with van der Waals surface area (Å²) in [6.45, 7) is 9.26. The van der Waals surface area contributed by atoms with E-state index in [0.29, 0.717) is 42.9 Å². The number of hydrogen-bond donors (Lipinski definition) is 2. The molecular weight excluding hydrogens is 603 g/mol. The molecule has 1 amide bonds. The number of aromatic nitrogens is 3. The van der Waals surface area contributed by atoms with Gasteiger partial charge in [0.05, 0.1) is 24.4 Å². The smallest absolute Gasteiger partial charge is 0.459 e. The molecule has 2 aromatic heterocycles. The van der Waals surface area contributed by atoms with Crippen molar-refractivity contribution in [3.8, 4) is 5.75 Å². The summed E-state index contributed by atoms with van der Waals surface area (Å²) in [5.41, 5.74) is 6.04. The largest absolute Gasteiger partial charge is 0.459 e. The average Bonchev–Trinajstić information content (AvgIpc) is 3.71. The minimum Gasteiger partial charge on any atom is -0.459 e. The summed E-state index contributed by atoms with van der Waals surface area (Å²) in [5.74, 6) is 0.00708. The van der Waals surface area contributed by atoms with Crippen LogP contribution in [0.25, 0.3) is 5.52 Å². The van der Waals surface area contributed by atoms with Gasteiger partial charge in [-0.05, 0) is 71.7 Å². The molecule has 15 heteroatoms. The first kappa shape index (κ1) is 32.7. The Morgan fingerprint density at radius 2 is 1.96 bits per heavy atom. The number of esters is 1. The van der Waals surface area contributed by atoms with E-state index in [9.17, 15) is 14.2 Å². The maximum absolute atomic E-state index is 14.1. The molecular formula is C30H41N6O8P. The number of carbonyl (C=O) groups excluding carboxylic acids is 2. The standard InChI is InChI=1S/C30H41N6O8P/c1-20(27(37)41-22-14-16-35(17-22)28(38)43-29(2,3)4)34-45(39,44-21-9-7-6-8-10-21)40-18-30(5)15-13-25(42-30)23-11-12-24-26(31)32-19-33-36(23)24/h6-12,19-20,22,25H,13-18H2,1-5H3,(H,34,39)(H2,31,32,33)/t20-,22-,25-,30+,45?/m1/s1. The third kappa shape index (κ3) is 8.12. The van der Waals surface area contributed by atoms with Crippen LogP contribution in [0.3, 0.4) is 0 Å². The van der Waals surface area contributed by atoms with Gasteiger partial charge >= 0.3 is 19.8 Å². The number of likely N-dealkylation sites (tertiary alicyclic amines) is 1. The maximum Gasteiger partial charge on any atom is 0.459 e. The van der Waals surface area contributed by atoms with Gasteiger partial charge in [-0.2, -0.15) is 10.2 Å². The van der Waals surface area contributed by atoms with E-state index in [1.807, 2.05) is 19.1 Å². The van der Waals surface area contributed by atoms with Gasteiger partial charge in [-0.1, -0.05) is 18.2 Å². The van der Waals surface area contributed by atoms with Gasteiger partial charge in [0.15, 0.2) is 5.82 Å². The van der Waals surface area contributed by atoms with E-state index in [1.54, 1.807) is 55.6 Å². The van der Waals surface area contributed by atoms with Crippen molar-refractivity contribution in [3.63, 3.8) is 0 Å². The molecule has 1 aromatic carbocycles. The van der Waals surface area contributed by atoms with Crippen LogP contribution in [0.4, 0.5) is 10.6 Å². The van der Waals surface area contributed by atoms with Gasteiger partial charge < -0.3 is 29.4 Å². The Balaban J connectivity index is 1.22. The number of rotatable bonds is 10. The van der Waals surface area contributed by atoms with Crippen LogP contribution in [0.2, 0.25) is 0 Å². The maximum atomic E-state index is 14.1. The molecule has 3 N–H and O–H groups in total. The number of nitrogen functional groups attached to an aromatic ring is 1. The number of nitrogens with zero attached hydrogens (tertiary/aromatic N) is 4. The number of carbonyl (C=O) groups is 2. The lowest BCUT2D eigenvalue weighted by Gasteiger charge is -2.29. The second kappa shape index (κ2) is 13.0. The van der Waals surface area contributed by atoms with Crippen LogP contribution in [0.5, 0.6) is 5.75 Å². The van der Waals surface area contributed by atoms with E-state index in [2.05, 4.69) is 15.2 Å². The number of nitrogens with two attached hydrogens (primary N) is 1. The Morgan fingerprint density at radius 1 is 1.20 bits per heavy atom. The fourth-order valence-electron chi connectivity index (χ4n) is 5.23. The summed E-state index contributed by atoms with van der Waals surface area (Å²) < 4.78 is 45.0. The van der Waals surface area contributed by atoms with Gasteiger partial charge in [-0.3, -0.25) is 9.32 Å². The van der Waals surface area contributed by atoms with E-state index in [4.69, 9.17) is 29.0 Å². The van der Waals surface area contributed by atoms with Crippen LogP contribution in [-0.4, -0.2) is 74.6 Å². The van der Waals surface area contributed by atoms with Gasteiger partial charge in [-0.25, -0.2) is 18.9 Å². The van der Waals surface area contributed by atoms with Crippen LogP contribution >= 0.6 is 7.75 Å². The van der Waals surface area contributed by atoms with Crippen molar-refractivity contribution in [2.45, 2.75) is 83.3 Å². The van der Waals surface area contributed by atoms with Crippen LogP contribution in [0.1, 0.15) is 65.7 Å². The zero-order chi connectivity index (χ0) is 32.4. The number of para-hydroxylation sites is 1. The highest BCUT2D eigenvalue weighted by Gasteiger charge is 2.42. The molecule has 0 spiro atoms. The highest BCUT2D eigenvalue weighted by molar-refractivity contribution is 7.52. The van der Waals surface area contributed by atoms with E-state index < -0.39 is 43.2 Å². The second-order valence-corrected chi connectivity index (χ2v) is 14.3. The molecule has 45 heavy (non-hydrogen) atoms. The summed E-state index contributed by atoms with van der Waals surface area (Å²) >= 11 is 0. The topological polar surface area (TPSA) is 169 Å². The Hall–Kier alpha value is -3.71. The second-order valence-electron chi connectivity index (χ2n) is 12.6. The number of ether oxygens (including phenoxy) is 3. The van der Waals surface area contributed by atoms with Gasteiger partial charge in [0.2, 0.25) is 0 Å². The quantitative estimate of drug-likeness (QED) is 0.232. The molecule has 2 aliphatic heterocycles. The number of fused-ring (bicyclic) bond motifs is 1. The first-order valence-electron chi connectivity index (χ1n) is 14.9. The molecule has 244 valence electrons. The number of nitrogens with one attached hydrogen (secondary N) is 1.